The number of alkyl halides is 1. The molecule has 88 valence electrons. The summed E-state index contributed by atoms with van der Waals surface area (Å²) in [5.41, 5.74) is -0.423. The van der Waals surface area contributed by atoms with Gasteiger partial charge in [0.25, 0.3) is 0 Å². The Morgan fingerprint density at radius 1 is 1.20 bits per heavy atom. The number of carbonyl (C=O) groups is 1. The molecule has 0 aromatic carbocycles. The molecule has 0 bridgehead atoms. The van der Waals surface area contributed by atoms with Crippen molar-refractivity contribution in [1.82, 2.24) is 4.90 Å². The summed E-state index contributed by atoms with van der Waals surface area (Å²) < 4.78 is 13.0. The summed E-state index contributed by atoms with van der Waals surface area (Å²) in [7, 11) is 3.83. The van der Waals surface area contributed by atoms with E-state index in [1.165, 1.54) is 0 Å². The first kappa shape index (κ1) is 12.6. The SMILES string of the molecule is CN(C)C(C)(C)C(=O)C1CCC(F)CC1. The molecule has 1 aliphatic rings. The Kier molecular flexibility index (Phi) is 3.87. The summed E-state index contributed by atoms with van der Waals surface area (Å²) in [5, 5.41) is 0. The topological polar surface area (TPSA) is 20.3 Å². The van der Waals surface area contributed by atoms with E-state index in [1.54, 1.807) is 0 Å². The molecular weight excluding hydrogens is 193 g/mol. The first-order chi connectivity index (χ1) is 6.85. The Morgan fingerprint density at radius 2 is 1.67 bits per heavy atom. The summed E-state index contributed by atoms with van der Waals surface area (Å²) in [4.78, 5) is 14.1. The predicted octanol–water partition coefficient (Wildman–Crippen LogP) is 2.42. The highest BCUT2D eigenvalue weighted by molar-refractivity contribution is 5.89. The quantitative estimate of drug-likeness (QED) is 0.720. The molecule has 0 atom stereocenters. The summed E-state index contributed by atoms with van der Waals surface area (Å²) in [6, 6.07) is 0. The average Bonchev–Trinajstić information content (AvgIpc) is 2.17. The zero-order valence-corrected chi connectivity index (χ0v) is 10.2. The third-order valence-corrected chi connectivity index (χ3v) is 3.75. The number of Topliss-reactive ketones (excluding diaryl/α,β-unsaturated/α-hetero) is 1. The van der Waals surface area contributed by atoms with E-state index in [4.69, 9.17) is 0 Å². The van der Waals surface area contributed by atoms with Gasteiger partial charge in [0.05, 0.1) is 5.54 Å². The van der Waals surface area contributed by atoms with Crippen molar-refractivity contribution < 1.29 is 9.18 Å². The number of ketones is 1. The van der Waals surface area contributed by atoms with Crippen LogP contribution in [0.1, 0.15) is 39.5 Å². The first-order valence-corrected chi connectivity index (χ1v) is 5.71. The number of nitrogens with zero attached hydrogens (tertiary/aromatic N) is 1. The van der Waals surface area contributed by atoms with E-state index in [2.05, 4.69) is 0 Å². The van der Waals surface area contributed by atoms with Crippen molar-refractivity contribution in [2.45, 2.75) is 51.2 Å². The minimum Gasteiger partial charge on any atom is -0.298 e. The molecule has 1 rings (SSSR count). The lowest BCUT2D eigenvalue weighted by Crippen LogP contribution is -2.49. The maximum Gasteiger partial charge on any atom is 0.155 e. The Morgan fingerprint density at radius 3 is 2.07 bits per heavy atom. The third kappa shape index (κ3) is 2.77. The summed E-state index contributed by atoms with van der Waals surface area (Å²) in [5.74, 6) is 0.328. The molecule has 0 aromatic rings. The van der Waals surface area contributed by atoms with Gasteiger partial charge in [-0.1, -0.05) is 0 Å². The minimum atomic E-state index is -0.684. The van der Waals surface area contributed by atoms with Crippen molar-refractivity contribution in [1.29, 1.82) is 0 Å². The summed E-state index contributed by atoms with van der Waals surface area (Å²) in [6.07, 6.45) is 1.87. The van der Waals surface area contributed by atoms with Crippen molar-refractivity contribution in [3.8, 4) is 0 Å². The number of likely N-dealkylation sites (N-methyl/N-ethyl adjacent to an activating group) is 1. The van der Waals surface area contributed by atoms with Gasteiger partial charge in [-0.2, -0.15) is 0 Å². The van der Waals surface area contributed by atoms with E-state index >= 15 is 0 Å². The molecule has 2 nitrogen and oxygen atoms in total. The number of halogens is 1. The van der Waals surface area contributed by atoms with Gasteiger partial charge in [-0.15, -0.1) is 0 Å². The van der Waals surface area contributed by atoms with Gasteiger partial charge in [-0.3, -0.25) is 9.69 Å². The fourth-order valence-corrected chi connectivity index (χ4v) is 2.03. The highest BCUT2D eigenvalue weighted by Crippen LogP contribution is 2.30. The molecule has 15 heavy (non-hydrogen) atoms. The number of hydrogen-bond acceptors (Lipinski definition) is 2. The molecule has 0 amide bonds. The fraction of sp³-hybridized carbons (Fsp3) is 0.917. The van der Waals surface area contributed by atoms with Gasteiger partial charge in [0.15, 0.2) is 5.78 Å². The second-order valence-electron chi connectivity index (χ2n) is 5.27. The maximum atomic E-state index is 13.0. The molecule has 0 N–H and O–H groups in total. The molecule has 0 heterocycles. The van der Waals surface area contributed by atoms with E-state index in [9.17, 15) is 9.18 Å². The van der Waals surface area contributed by atoms with Crippen LogP contribution in [0.15, 0.2) is 0 Å². The van der Waals surface area contributed by atoms with Crippen molar-refractivity contribution in [3.05, 3.63) is 0 Å². The number of rotatable bonds is 3. The van der Waals surface area contributed by atoms with Crippen molar-refractivity contribution in [3.63, 3.8) is 0 Å². The zero-order chi connectivity index (χ0) is 11.6. The van der Waals surface area contributed by atoms with Crippen LogP contribution in [0.5, 0.6) is 0 Å². The summed E-state index contributed by atoms with van der Waals surface area (Å²) in [6.45, 7) is 3.88. The molecule has 3 heteroatoms. The lowest BCUT2D eigenvalue weighted by molar-refractivity contribution is -0.133. The molecule has 0 spiro atoms. The standard InChI is InChI=1S/C12H22FNO/c1-12(2,14(3)4)11(15)9-5-7-10(13)8-6-9/h9-10H,5-8H2,1-4H3. The Hall–Kier alpha value is -0.440. The Balaban J connectivity index is 2.61. The fourth-order valence-electron chi connectivity index (χ4n) is 2.03. The third-order valence-electron chi connectivity index (χ3n) is 3.75. The largest absolute Gasteiger partial charge is 0.298 e. The molecule has 1 fully saturated rings. The smallest absolute Gasteiger partial charge is 0.155 e. The van der Waals surface area contributed by atoms with Crippen LogP contribution in [-0.2, 0) is 4.79 Å². The van der Waals surface area contributed by atoms with Gasteiger partial charge in [-0.25, -0.2) is 4.39 Å². The lowest BCUT2D eigenvalue weighted by atomic mass is 9.78. The van der Waals surface area contributed by atoms with Crippen LogP contribution in [-0.4, -0.2) is 36.5 Å². The molecule has 0 unspecified atom stereocenters. The highest BCUT2D eigenvalue weighted by atomic mass is 19.1. The Labute approximate surface area is 91.8 Å². The molecule has 0 aliphatic heterocycles. The van der Waals surface area contributed by atoms with Crippen molar-refractivity contribution in [2.75, 3.05) is 14.1 Å². The molecule has 0 saturated heterocycles. The van der Waals surface area contributed by atoms with Crippen LogP contribution in [0.4, 0.5) is 4.39 Å². The van der Waals surface area contributed by atoms with Crippen molar-refractivity contribution in [2.24, 2.45) is 5.92 Å². The van der Waals surface area contributed by atoms with Gasteiger partial charge in [0, 0.05) is 5.92 Å². The van der Waals surface area contributed by atoms with Crippen LogP contribution in [0.3, 0.4) is 0 Å². The predicted molar refractivity (Wildman–Crippen MR) is 59.6 cm³/mol. The molecular formula is C12H22FNO. The first-order valence-electron chi connectivity index (χ1n) is 5.71. The van der Waals surface area contributed by atoms with Crippen LogP contribution in [0.25, 0.3) is 0 Å². The van der Waals surface area contributed by atoms with Gasteiger partial charge in [0.2, 0.25) is 0 Å². The van der Waals surface area contributed by atoms with Gasteiger partial charge in [-0.05, 0) is 53.6 Å². The zero-order valence-electron chi connectivity index (χ0n) is 10.2. The van der Waals surface area contributed by atoms with E-state index in [0.29, 0.717) is 12.8 Å². The van der Waals surface area contributed by atoms with Gasteiger partial charge >= 0.3 is 0 Å². The number of hydrogen-bond donors (Lipinski definition) is 0. The van der Waals surface area contributed by atoms with Crippen molar-refractivity contribution >= 4 is 5.78 Å². The normalized spacial score (nSPS) is 28.1. The maximum absolute atomic E-state index is 13.0. The Bertz CT molecular complexity index is 230. The van der Waals surface area contributed by atoms with Crippen LogP contribution in [0, 0.1) is 5.92 Å². The molecule has 1 saturated carbocycles. The number of carbonyl (C=O) groups excluding carboxylic acids is 1. The summed E-state index contributed by atoms with van der Waals surface area (Å²) >= 11 is 0. The molecule has 0 aromatic heterocycles. The lowest BCUT2D eigenvalue weighted by Gasteiger charge is -2.36. The van der Waals surface area contributed by atoms with E-state index in [0.717, 1.165) is 12.8 Å². The average molecular weight is 215 g/mol. The van der Waals surface area contributed by atoms with E-state index in [1.807, 2.05) is 32.8 Å². The minimum absolute atomic E-state index is 0.0643. The van der Waals surface area contributed by atoms with Crippen LogP contribution in [0.2, 0.25) is 0 Å². The van der Waals surface area contributed by atoms with E-state index < -0.39 is 11.7 Å². The van der Waals surface area contributed by atoms with Crippen LogP contribution < -0.4 is 0 Å². The molecule has 1 aliphatic carbocycles. The van der Waals surface area contributed by atoms with Gasteiger partial charge < -0.3 is 0 Å². The van der Waals surface area contributed by atoms with E-state index in [-0.39, 0.29) is 11.7 Å². The molecule has 0 radical (unpaired) electrons. The van der Waals surface area contributed by atoms with Crippen LogP contribution >= 0.6 is 0 Å². The monoisotopic (exact) mass is 215 g/mol. The second kappa shape index (κ2) is 4.60. The highest BCUT2D eigenvalue weighted by Gasteiger charge is 2.37. The second-order valence-corrected chi connectivity index (χ2v) is 5.27. The van der Waals surface area contributed by atoms with Gasteiger partial charge in [0.1, 0.15) is 6.17 Å².